The molecule has 110 valence electrons. The zero-order chi connectivity index (χ0) is 15.6. The molecule has 0 saturated carbocycles. The highest BCUT2D eigenvalue weighted by atomic mass is 35.5. The molecule has 0 bridgehead atoms. The Bertz CT molecular complexity index is 809. The maximum atomic E-state index is 12.2. The van der Waals surface area contributed by atoms with Gasteiger partial charge in [0.1, 0.15) is 5.69 Å². The van der Waals surface area contributed by atoms with Crippen LogP contribution in [0.15, 0.2) is 47.4 Å². The first kappa shape index (κ1) is 15.6. The summed E-state index contributed by atoms with van der Waals surface area (Å²) in [5.74, 6) is 0. The van der Waals surface area contributed by atoms with Crippen LogP contribution in [0, 0.1) is 10.1 Å². The summed E-state index contributed by atoms with van der Waals surface area (Å²) < 4.78 is 26.6. The van der Waals surface area contributed by atoms with Gasteiger partial charge in [0, 0.05) is 6.07 Å². The van der Waals surface area contributed by atoms with Gasteiger partial charge in [-0.1, -0.05) is 35.3 Å². The highest BCUT2D eigenvalue weighted by molar-refractivity contribution is 7.92. The van der Waals surface area contributed by atoms with E-state index < -0.39 is 14.9 Å². The maximum Gasteiger partial charge on any atom is 0.293 e. The van der Waals surface area contributed by atoms with E-state index in [1.165, 1.54) is 42.5 Å². The Morgan fingerprint density at radius 3 is 2.33 bits per heavy atom. The van der Waals surface area contributed by atoms with E-state index in [-0.39, 0.29) is 26.3 Å². The Morgan fingerprint density at radius 2 is 1.71 bits per heavy atom. The van der Waals surface area contributed by atoms with Crippen LogP contribution in [-0.4, -0.2) is 13.3 Å². The summed E-state index contributed by atoms with van der Waals surface area (Å²) in [7, 11) is -4.01. The van der Waals surface area contributed by atoms with Crippen molar-refractivity contribution in [3.63, 3.8) is 0 Å². The van der Waals surface area contributed by atoms with Crippen molar-refractivity contribution in [2.45, 2.75) is 4.90 Å². The number of nitro groups is 1. The summed E-state index contributed by atoms with van der Waals surface area (Å²) in [5.41, 5.74) is -0.477. The minimum atomic E-state index is -4.01. The van der Waals surface area contributed by atoms with Crippen LogP contribution in [0.25, 0.3) is 0 Å². The molecule has 2 aromatic rings. The first-order valence-corrected chi connectivity index (χ1v) is 7.76. The second-order valence-corrected chi connectivity index (χ2v) is 6.45. The van der Waals surface area contributed by atoms with Crippen molar-refractivity contribution in [2.75, 3.05) is 4.72 Å². The minimum absolute atomic E-state index is 0.0714. The lowest BCUT2D eigenvalue weighted by atomic mass is 10.3. The zero-order valence-electron chi connectivity index (χ0n) is 10.3. The number of halogens is 2. The van der Waals surface area contributed by atoms with Gasteiger partial charge in [0.15, 0.2) is 0 Å². The molecule has 0 heterocycles. The van der Waals surface area contributed by atoms with Crippen molar-refractivity contribution in [3.8, 4) is 0 Å². The lowest BCUT2D eigenvalue weighted by Crippen LogP contribution is -2.14. The average Bonchev–Trinajstić information content (AvgIpc) is 2.41. The molecule has 6 nitrogen and oxygen atoms in total. The Morgan fingerprint density at radius 1 is 1.05 bits per heavy atom. The second kappa shape index (κ2) is 5.88. The summed E-state index contributed by atoms with van der Waals surface area (Å²) in [6.07, 6.45) is 0. The molecule has 0 fully saturated rings. The van der Waals surface area contributed by atoms with Crippen molar-refractivity contribution in [1.82, 2.24) is 0 Å². The molecule has 0 aromatic heterocycles. The van der Waals surface area contributed by atoms with Crippen LogP contribution in [0.4, 0.5) is 11.4 Å². The molecule has 0 amide bonds. The number of nitro benzene ring substituents is 1. The van der Waals surface area contributed by atoms with Gasteiger partial charge in [-0.25, -0.2) is 8.42 Å². The molecule has 0 aliphatic carbocycles. The molecule has 2 aromatic carbocycles. The average molecular weight is 347 g/mol. The third-order valence-electron chi connectivity index (χ3n) is 2.55. The Hall–Kier alpha value is -1.83. The smallest absolute Gasteiger partial charge is 0.273 e. The number of nitrogens with one attached hydrogen (secondary N) is 1. The van der Waals surface area contributed by atoms with Gasteiger partial charge in [0.2, 0.25) is 0 Å². The van der Waals surface area contributed by atoms with E-state index in [2.05, 4.69) is 4.72 Å². The van der Waals surface area contributed by atoms with Gasteiger partial charge in [0.05, 0.1) is 19.9 Å². The normalized spacial score (nSPS) is 11.1. The standard InChI is InChI=1S/C12H8Cl2N2O4S/c13-9-6-5-8(7-10(9)14)21(19,20)15-11-3-1-2-4-12(11)16(17)18/h1-7,15H. The lowest BCUT2D eigenvalue weighted by Gasteiger charge is -2.09. The van der Waals surface area contributed by atoms with Crippen molar-refractivity contribution >= 4 is 44.6 Å². The number of hydrogen-bond donors (Lipinski definition) is 1. The molecule has 9 heteroatoms. The molecular weight excluding hydrogens is 339 g/mol. The van der Waals surface area contributed by atoms with Gasteiger partial charge in [-0.3, -0.25) is 14.8 Å². The molecule has 1 N–H and O–H groups in total. The fourth-order valence-electron chi connectivity index (χ4n) is 1.57. The summed E-state index contributed by atoms with van der Waals surface area (Å²) in [6.45, 7) is 0. The highest BCUT2D eigenvalue weighted by Gasteiger charge is 2.20. The second-order valence-electron chi connectivity index (χ2n) is 3.96. The third-order valence-corrected chi connectivity index (χ3v) is 4.65. The van der Waals surface area contributed by atoms with E-state index in [0.717, 1.165) is 0 Å². The van der Waals surface area contributed by atoms with Crippen molar-refractivity contribution < 1.29 is 13.3 Å². The van der Waals surface area contributed by atoms with Crippen molar-refractivity contribution in [1.29, 1.82) is 0 Å². The predicted molar refractivity (Wildman–Crippen MR) is 80.4 cm³/mol. The summed E-state index contributed by atoms with van der Waals surface area (Å²) in [4.78, 5) is 10.1. The number of benzene rings is 2. The van der Waals surface area contributed by atoms with E-state index in [4.69, 9.17) is 23.2 Å². The first-order valence-electron chi connectivity index (χ1n) is 5.52. The molecule has 0 aliphatic heterocycles. The maximum absolute atomic E-state index is 12.2. The molecular formula is C12H8Cl2N2O4S. The number of para-hydroxylation sites is 2. The van der Waals surface area contributed by atoms with E-state index in [9.17, 15) is 18.5 Å². The third kappa shape index (κ3) is 3.44. The lowest BCUT2D eigenvalue weighted by molar-refractivity contribution is -0.383. The van der Waals surface area contributed by atoms with Crippen LogP contribution < -0.4 is 4.72 Å². The van der Waals surface area contributed by atoms with Crippen LogP contribution in [0.3, 0.4) is 0 Å². The number of hydrogen-bond acceptors (Lipinski definition) is 4. The Labute approximate surface area is 130 Å². The summed E-state index contributed by atoms with van der Waals surface area (Å²) in [5, 5.41) is 11.2. The monoisotopic (exact) mass is 346 g/mol. The van der Waals surface area contributed by atoms with Crippen LogP contribution in [-0.2, 0) is 10.0 Å². The fraction of sp³-hybridized carbons (Fsp3) is 0. The molecule has 0 atom stereocenters. The molecule has 0 radical (unpaired) electrons. The predicted octanol–water partition coefficient (Wildman–Crippen LogP) is 3.70. The van der Waals surface area contributed by atoms with Crippen LogP contribution >= 0.6 is 23.2 Å². The number of sulfonamides is 1. The molecule has 21 heavy (non-hydrogen) atoms. The van der Waals surface area contributed by atoms with Gasteiger partial charge in [-0.05, 0) is 24.3 Å². The van der Waals surface area contributed by atoms with E-state index in [1.807, 2.05) is 0 Å². The van der Waals surface area contributed by atoms with Gasteiger partial charge in [-0.15, -0.1) is 0 Å². The number of rotatable bonds is 4. The van der Waals surface area contributed by atoms with Crippen LogP contribution in [0.5, 0.6) is 0 Å². The van der Waals surface area contributed by atoms with Crippen molar-refractivity contribution in [3.05, 3.63) is 62.6 Å². The molecule has 0 saturated heterocycles. The molecule has 0 unspecified atom stereocenters. The fourth-order valence-corrected chi connectivity index (χ4v) is 3.03. The van der Waals surface area contributed by atoms with E-state index in [0.29, 0.717) is 0 Å². The topological polar surface area (TPSA) is 89.3 Å². The van der Waals surface area contributed by atoms with Gasteiger partial charge in [-0.2, -0.15) is 0 Å². The summed E-state index contributed by atoms with van der Waals surface area (Å²) in [6, 6.07) is 9.18. The largest absolute Gasteiger partial charge is 0.293 e. The number of anilines is 1. The zero-order valence-corrected chi connectivity index (χ0v) is 12.6. The van der Waals surface area contributed by atoms with Gasteiger partial charge >= 0.3 is 0 Å². The minimum Gasteiger partial charge on any atom is -0.273 e. The van der Waals surface area contributed by atoms with Crippen LogP contribution in [0.2, 0.25) is 10.0 Å². The molecule has 0 spiro atoms. The van der Waals surface area contributed by atoms with Gasteiger partial charge < -0.3 is 0 Å². The Balaban J connectivity index is 2.42. The quantitative estimate of drug-likeness (QED) is 0.674. The van der Waals surface area contributed by atoms with Crippen molar-refractivity contribution in [2.24, 2.45) is 0 Å². The van der Waals surface area contributed by atoms with E-state index in [1.54, 1.807) is 0 Å². The SMILES string of the molecule is O=[N+]([O-])c1ccccc1NS(=O)(=O)c1ccc(Cl)c(Cl)c1. The number of nitrogens with zero attached hydrogens (tertiary/aromatic N) is 1. The molecule has 0 aliphatic rings. The highest BCUT2D eigenvalue weighted by Crippen LogP contribution is 2.29. The summed E-state index contributed by atoms with van der Waals surface area (Å²) >= 11 is 11.5. The first-order chi connectivity index (χ1) is 9.81. The van der Waals surface area contributed by atoms with Gasteiger partial charge in [0.25, 0.3) is 15.7 Å². The van der Waals surface area contributed by atoms with Crippen LogP contribution in [0.1, 0.15) is 0 Å². The Kier molecular flexibility index (Phi) is 4.36. The molecule has 2 rings (SSSR count). The van der Waals surface area contributed by atoms with E-state index >= 15 is 0 Å².